The van der Waals surface area contributed by atoms with Gasteiger partial charge in [-0.3, -0.25) is 4.57 Å². The third-order valence-electron chi connectivity index (χ3n) is 5.52. The SMILES string of the molecule is CC(F)(F)C1=CC(Nc2nc(=O)n(Cc3ccccc3)c(=O)n2Cc2ccc(Cl)cc2)=CCC1. The van der Waals surface area contributed by atoms with Gasteiger partial charge in [0.1, 0.15) is 0 Å². The smallest absolute Gasteiger partial charge is 0.326 e. The van der Waals surface area contributed by atoms with E-state index in [1.165, 1.54) is 10.6 Å². The van der Waals surface area contributed by atoms with E-state index in [-0.39, 0.29) is 31.0 Å². The second kappa shape index (κ2) is 9.77. The summed E-state index contributed by atoms with van der Waals surface area (Å²) in [7, 11) is 0. The first-order valence-corrected chi connectivity index (χ1v) is 11.1. The molecule has 0 spiro atoms. The maximum Gasteiger partial charge on any atom is 0.355 e. The van der Waals surface area contributed by atoms with Crippen LogP contribution in [0.3, 0.4) is 0 Å². The number of hydrogen-bond donors (Lipinski definition) is 1. The molecule has 176 valence electrons. The fourth-order valence-electron chi connectivity index (χ4n) is 3.71. The van der Waals surface area contributed by atoms with Gasteiger partial charge in [-0.2, -0.15) is 4.98 Å². The molecule has 6 nitrogen and oxygen atoms in total. The van der Waals surface area contributed by atoms with Crippen molar-refractivity contribution in [3.8, 4) is 0 Å². The van der Waals surface area contributed by atoms with Crippen LogP contribution >= 0.6 is 11.6 Å². The first-order chi connectivity index (χ1) is 16.2. The fourth-order valence-corrected chi connectivity index (χ4v) is 3.83. The van der Waals surface area contributed by atoms with Crippen molar-refractivity contribution in [2.45, 2.75) is 38.8 Å². The van der Waals surface area contributed by atoms with E-state index in [0.717, 1.165) is 22.6 Å². The van der Waals surface area contributed by atoms with Gasteiger partial charge in [-0.25, -0.2) is 22.9 Å². The van der Waals surface area contributed by atoms with Crippen LogP contribution in [0, 0.1) is 0 Å². The van der Waals surface area contributed by atoms with Gasteiger partial charge < -0.3 is 5.32 Å². The Hall–Kier alpha value is -3.52. The lowest BCUT2D eigenvalue weighted by molar-refractivity contribution is 0.0594. The summed E-state index contributed by atoms with van der Waals surface area (Å²) in [6.07, 6.45) is 3.73. The minimum absolute atomic E-state index is 0.0163. The summed E-state index contributed by atoms with van der Waals surface area (Å²) in [6, 6.07) is 16.0. The summed E-state index contributed by atoms with van der Waals surface area (Å²) >= 11 is 5.98. The summed E-state index contributed by atoms with van der Waals surface area (Å²) in [5.41, 5.74) is 0.569. The van der Waals surface area contributed by atoms with Crippen molar-refractivity contribution in [3.63, 3.8) is 0 Å². The van der Waals surface area contributed by atoms with Gasteiger partial charge in [-0.15, -0.1) is 0 Å². The molecule has 9 heteroatoms. The van der Waals surface area contributed by atoms with E-state index < -0.39 is 17.3 Å². The zero-order valence-electron chi connectivity index (χ0n) is 18.5. The van der Waals surface area contributed by atoms with Crippen molar-refractivity contribution < 1.29 is 8.78 Å². The van der Waals surface area contributed by atoms with Crippen molar-refractivity contribution in [2.75, 3.05) is 5.32 Å². The topological polar surface area (TPSA) is 68.9 Å². The Morgan fingerprint density at radius 2 is 1.65 bits per heavy atom. The first kappa shape index (κ1) is 23.6. The van der Waals surface area contributed by atoms with Crippen molar-refractivity contribution in [2.24, 2.45) is 0 Å². The minimum Gasteiger partial charge on any atom is -0.326 e. The van der Waals surface area contributed by atoms with E-state index >= 15 is 0 Å². The standard InChI is InChI=1S/C25H23ClF2N4O2/c1-25(27,28)19-8-5-9-21(14-19)29-22-30-23(33)32(16-17-6-3-2-4-7-17)24(34)31(22)15-18-10-12-20(26)13-11-18/h2-4,6-7,9-14H,5,8,15-16H2,1H3,(H,29,30,33). The Morgan fingerprint density at radius 1 is 1.00 bits per heavy atom. The summed E-state index contributed by atoms with van der Waals surface area (Å²) in [4.78, 5) is 30.3. The van der Waals surface area contributed by atoms with Crippen LogP contribution < -0.4 is 16.7 Å². The maximum atomic E-state index is 13.8. The molecule has 0 aliphatic heterocycles. The molecule has 1 N–H and O–H groups in total. The number of nitrogens with zero attached hydrogens (tertiary/aromatic N) is 3. The Balaban J connectivity index is 1.76. The minimum atomic E-state index is -2.96. The van der Waals surface area contributed by atoms with Gasteiger partial charge in [0.25, 0.3) is 5.92 Å². The molecule has 1 heterocycles. The molecule has 0 radical (unpaired) electrons. The molecule has 2 aromatic carbocycles. The molecule has 0 unspecified atom stereocenters. The van der Waals surface area contributed by atoms with Crippen molar-refractivity contribution in [3.05, 3.63) is 115 Å². The van der Waals surface area contributed by atoms with Gasteiger partial charge in [0.15, 0.2) is 0 Å². The largest absolute Gasteiger partial charge is 0.355 e. The van der Waals surface area contributed by atoms with Gasteiger partial charge in [0.05, 0.1) is 13.1 Å². The van der Waals surface area contributed by atoms with Gasteiger partial charge in [-0.1, -0.05) is 60.1 Å². The van der Waals surface area contributed by atoms with Gasteiger partial charge in [0.2, 0.25) is 5.95 Å². The lowest BCUT2D eigenvalue weighted by Crippen LogP contribution is -2.43. The molecule has 1 aliphatic carbocycles. The molecule has 0 saturated carbocycles. The quantitative estimate of drug-likeness (QED) is 0.521. The number of nitrogens with one attached hydrogen (secondary N) is 1. The predicted octanol–water partition coefficient (Wildman–Crippen LogP) is 4.83. The maximum absolute atomic E-state index is 13.8. The highest BCUT2D eigenvalue weighted by molar-refractivity contribution is 6.30. The van der Waals surface area contributed by atoms with Crippen molar-refractivity contribution >= 4 is 17.5 Å². The molecular formula is C25H23ClF2N4O2. The summed E-state index contributed by atoms with van der Waals surface area (Å²) in [6.45, 7) is 1.01. The second-order valence-corrected chi connectivity index (χ2v) is 8.60. The highest BCUT2D eigenvalue weighted by Gasteiger charge is 2.28. The number of rotatable bonds is 7. The van der Waals surface area contributed by atoms with Crippen LogP contribution in [-0.2, 0) is 13.1 Å². The number of hydrogen-bond acceptors (Lipinski definition) is 4. The zero-order valence-corrected chi connectivity index (χ0v) is 19.2. The molecule has 3 aromatic rings. The van der Waals surface area contributed by atoms with E-state index in [1.54, 1.807) is 30.3 Å². The molecule has 1 aromatic heterocycles. The number of anilines is 1. The molecule has 4 rings (SSSR count). The lowest BCUT2D eigenvalue weighted by Gasteiger charge is -2.21. The second-order valence-electron chi connectivity index (χ2n) is 8.17. The molecule has 0 saturated heterocycles. The van der Waals surface area contributed by atoms with Crippen molar-refractivity contribution in [1.29, 1.82) is 0 Å². The van der Waals surface area contributed by atoms with E-state index in [2.05, 4.69) is 10.3 Å². The van der Waals surface area contributed by atoms with Crippen LogP contribution in [-0.4, -0.2) is 20.0 Å². The highest BCUT2D eigenvalue weighted by Crippen LogP contribution is 2.31. The number of aromatic nitrogens is 3. The highest BCUT2D eigenvalue weighted by atomic mass is 35.5. The average molecular weight is 485 g/mol. The monoisotopic (exact) mass is 484 g/mol. The molecule has 0 fully saturated rings. The van der Waals surface area contributed by atoms with Crippen LogP contribution in [0.25, 0.3) is 0 Å². The Labute approximate surface area is 199 Å². The van der Waals surface area contributed by atoms with E-state index in [4.69, 9.17) is 11.6 Å². The van der Waals surface area contributed by atoms with Crippen LogP contribution in [0.2, 0.25) is 5.02 Å². The van der Waals surface area contributed by atoms with Gasteiger partial charge in [-0.05, 0) is 42.2 Å². The van der Waals surface area contributed by atoms with Crippen molar-refractivity contribution in [1.82, 2.24) is 14.1 Å². The summed E-state index contributed by atoms with van der Waals surface area (Å²) in [5.74, 6) is -2.98. The number of allylic oxidation sites excluding steroid dienone is 3. The fraction of sp³-hybridized carbons (Fsp3) is 0.240. The van der Waals surface area contributed by atoms with Gasteiger partial charge >= 0.3 is 11.4 Å². The Kier molecular flexibility index (Phi) is 6.79. The lowest BCUT2D eigenvalue weighted by atomic mass is 9.98. The van der Waals surface area contributed by atoms with E-state index in [1.807, 2.05) is 30.3 Å². The number of halogens is 3. The first-order valence-electron chi connectivity index (χ1n) is 10.8. The number of benzene rings is 2. The molecular weight excluding hydrogens is 462 g/mol. The van der Waals surface area contributed by atoms with E-state index in [9.17, 15) is 18.4 Å². The van der Waals surface area contributed by atoms with E-state index in [0.29, 0.717) is 17.1 Å². The van der Waals surface area contributed by atoms with Crippen LogP contribution in [0.4, 0.5) is 14.7 Å². The molecule has 0 bridgehead atoms. The molecule has 0 atom stereocenters. The molecule has 34 heavy (non-hydrogen) atoms. The average Bonchev–Trinajstić information content (AvgIpc) is 2.81. The normalized spacial score (nSPS) is 13.9. The van der Waals surface area contributed by atoms with Crippen LogP contribution in [0.5, 0.6) is 0 Å². The summed E-state index contributed by atoms with van der Waals surface area (Å²) in [5, 5.41) is 3.47. The van der Waals surface area contributed by atoms with Gasteiger partial charge in [0, 0.05) is 23.2 Å². The Bertz CT molecular complexity index is 1350. The molecule has 1 aliphatic rings. The Morgan fingerprint density at radius 3 is 2.32 bits per heavy atom. The molecule has 0 amide bonds. The third-order valence-corrected chi connectivity index (χ3v) is 5.77. The zero-order chi connectivity index (χ0) is 24.3. The van der Waals surface area contributed by atoms with Crippen LogP contribution in [0.15, 0.2) is 87.6 Å². The predicted molar refractivity (Wildman–Crippen MR) is 128 cm³/mol. The number of alkyl halides is 2. The van der Waals surface area contributed by atoms with Crippen LogP contribution in [0.1, 0.15) is 30.9 Å². The third kappa shape index (κ3) is 5.51. The summed E-state index contributed by atoms with van der Waals surface area (Å²) < 4.78 is 30.1.